The highest BCUT2D eigenvalue weighted by Crippen LogP contribution is 2.19. The van der Waals surface area contributed by atoms with E-state index >= 15 is 0 Å². The van der Waals surface area contributed by atoms with Crippen molar-refractivity contribution in [3.8, 4) is 0 Å². The Morgan fingerprint density at radius 1 is 1.19 bits per heavy atom. The number of carbonyl (C=O) groups is 2. The SMILES string of the molecule is CC(=O)NCCNC(=O)c1cc(C)nc2ccc(F)cc12. The fourth-order valence-electron chi connectivity index (χ4n) is 2.03. The van der Waals surface area contributed by atoms with Gasteiger partial charge in [-0.05, 0) is 31.2 Å². The normalized spacial score (nSPS) is 10.4. The van der Waals surface area contributed by atoms with Crippen LogP contribution in [0.25, 0.3) is 10.9 Å². The van der Waals surface area contributed by atoms with E-state index in [2.05, 4.69) is 15.6 Å². The van der Waals surface area contributed by atoms with Gasteiger partial charge in [-0.1, -0.05) is 0 Å². The number of nitrogens with zero attached hydrogens (tertiary/aromatic N) is 1. The van der Waals surface area contributed by atoms with Crippen LogP contribution in [-0.2, 0) is 4.79 Å². The number of halogens is 1. The van der Waals surface area contributed by atoms with Crippen molar-refractivity contribution in [2.45, 2.75) is 13.8 Å². The van der Waals surface area contributed by atoms with Crippen molar-refractivity contribution in [3.05, 3.63) is 41.3 Å². The summed E-state index contributed by atoms with van der Waals surface area (Å²) in [7, 11) is 0. The second-order valence-electron chi connectivity index (χ2n) is 4.71. The van der Waals surface area contributed by atoms with Crippen LogP contribution in [-0.4, -0.2) is 29.9 Å². The first-order chi connectivity index (χ1) is 9.97. The zero-order valence-corrected chi connectivity index (χ0v) is 11.9. The third-order valence-corrected chi connectivity index (χ3v) is 2.93. The largest absolute Gasteiger partial charge is 0.355 e. The van der Waals surface area contributed by atoms with Crippen molar-refractivity contribution in [1.82, 2.24) is 15.6 Å². The molecule has 2 aromatic rings. The highest BCUT2D eigenvalue weighted by molar-refractivity contribution is 6.06. The van der Waals surface area contributed by atoms with Gasteiger partial charge in [-0.15, -0.1) is 0 Å². The summed E-state index contributed by atoms with van der Waals surface area (Å²) >= 11 is 0. The van der Waals surface area contributed by atoms with Crippen LogP contribution in [0.4, 0.5) is 4.39 Å². The average molecular weight is 289 g/mol. The third-order valence-electron chi connectivity index (χ3n) is 2.93. The monoisotopic (exact) mass is 289 g/mol. The number of amides is 2. The molecule has 0 unspecified atom stereocenters. The fraction of sp³-hybridized carbons (Fsp3) is 0.267. The molecule has 0 atom stereocenters. The molecule has 2 rings (SSSR count). The lowest BCUT2D eigenvalue weighted by molar-refractivity contribution is -0.118. The Balaban J connectivity index is 2.22. The number of benzene rings is 1. The summed E-state index contributed by atoms with van der Waals surface area (Å²) in [6, 6.07) is 5.78. The number of fused-ring (bicyclic) bond motifs is 1. The maximum atomic E-state index is 13.4. The molecule has 0 saturated carbocycles. The van der Waals surface area contributed by atoms with Gasteiger partial charge in [-0.2, -0.15) is 0 Å². The molecule has 6 heteroatoms. The van der Waals surface area contributed by atoms with E-state index in [-0.39, 0.29) is 11.8 Å². The molecule has 0 aliphatic carbocycles. The van der Waals surface area contributed by atoms with E-state index in [4.69, 9.17) is 0 Å². The summed E-state index contributed by atoms with van der Waals surface area (Å²) in [5.41, 5.74) is 1.63. The predicted molar refractivity (Wildman–Crippen MR) is 77.5 cm³/mol. The first-order valence-electron chi connectivity index (χ1n) is 6.57. The summed E-state index contributed by atoms with van der Waals surface area (Å²) in [5, 5.41) is 5.74. The standard InChI is InChI=1S/C15H16FN3O2/c1-9-7-13(15(21)18-6-5-17-10(2)20)12-8-11(16)3-4-14(12)19-9/h3-4,7-8H,5-6H2,1-2H3,(H,17,20)(H,18,21). The molecule has 2 amide bonds. The topological polar surface area (TPSA) is 71.1 Å². The molecule has 21 heavy (non-hydrogen) atoms. The first kappa shape index (κ1) is 14.9. The van der Waals surface area contributed by atoms with Crippen molar-refractivity contribution in [2.75, 3.05) is 13.1 Å². The average Bonchev–Trinajstić information content (AvgIpc) is 2.42. The van der Waals surface area contributed by atoms with Crippen molar-refractivity contribution in [2.24, 2.45) is 0 Å². The first-order valence-corrected chi connectivity index (χ1v) is 6.57. The van der Waals surface area contributed by atoms with Crippen LogP contribution in [0.1, 0.15) is 23.0 Å². The van der Waals surface area contributed by atoms with Crippen molar-refractivity contribution >= 4 is 22.7 Å². The second-order valence-corrected chi connectivity index (χ2v) is 4.71. The maximum absolute atomic E-state index is 13.4. The van der Waals surface area contributed by atoms with Gasteiger partial charge in [0.25, 0.3) is 5.91 Å². The zero-order valence-electron chi connectivity index (χ0n) is 11.9. The van der Waals surface area contributed by atoms with Crippen molar-refractivity contribution in [1.29, 1.82) is 0 Å². The molecule has 0 aliphatic rings. The summed E-state index contributed by atoms with van der Waals surface area (Å²) in [5.74, 6) is -0.890. The predicted octanol–water partition coefficient (Wildman–Crippen LogP) is 1.55. The molecular weight excluding hydrogens is 273 g/mol. The summed E-state index contributed by atoms with van der Waals surface area (Å²) < 4.78 is 13.4. The zero-order chi connectivity index (χ0) is 15.4. The Labute approximate surface area is 121 Å². The Morgan fingerprint density at radius 3 is 2.62 bits per heavy atom. The van der Waals surface area contributed by atoms with Crippen LogP contribution in [0.15, 0.2) is 24.3 Å². The lowest BCUT2D eigenvalue weighted by Gasteiger charge is -2.09. The van der Waals surface area contributed by atoms with E-state index in [1.807, 2.05) is 0 Å². The van der Waals surface area contributed by atoms with Gasteiger partial charge in [-0.3, -0.25) is 14.6 Å². The van der Waals surface area contributed by atoms with Crippen LogP contribution in [0.5, 0.6) is 0 Å². The lowest BCUT2D eigenvalue weighted by Crippen LogP contribution is -2.33. The number of pyridine rings is 1. The van der Waals surface area contributed by atoms with Gasteiger partial charge < -0.3 is 10.6 Å². The van der Waals surface area contributed by atoms with E-state index in [1.165, 1.54) is 19.1 Å². The molecule has 0 aliphatic heterocycles. The van der Waals surface area contributed by atoms with Gasteiger partial charge in [-0.25, -0.2) is 4.39 Å². The highest BCUT2D eigenvalue weighted by atomic mass is 19.1. The lowest BCUT2D eigenvalue weighted by atomic mass is 10.1. The van der Waals surface area contributed by atoms with Gasteiger partial charge in [0.15, 0.2) is 0 Å². The Hall–Kier alpha value is -2.50. The molecule has 1 aromatic carbocycles. The molecule has 110 valence electrons. The Kier molecular flexibility index (Phi) is 4.47. The molecule has 5 nitrogen and oxygen atoms in total. The van der Waals surface area contributed by atoms with Crippen LogP contribution in [0, 0.1) is 12.7 Å². The maximum Gasteiger partial charge on any atom is 0.252 e. The van der Waals surface area contributed by atoms with Crippen molar-refractivity contribution < 1.29 is 14.0 Å². The molecule has 0 fully saturated rings. The molecule has 0 saturated heterocycles. The van der Waals surface area contributed by atoms with Crippen LogP contribution >= 0.6 is 0 Å². The van der Waals surface area contributed by atoms with Crippen LogP contribution in [0.3, 0.4) is 0 Å². The number of hydrogen-bond acceptors (Lipinski definition) is 3. The van der Waals surface area contributed by atoms with E-state index < -0.39 is 5.82 Å². The molecule has 1 heterocycles. The number of aromatic nitrogens is 1. The molecule has 2 N–H and O–H groups in total. The van der Waals surface area contributed by atoms with Crippen LogP contribution < -0.4 is 10.6 Å². The number of rotatable bonds is 4. The molecule has 1 aromatic heterocycles. The van der Waals surface area contributed by atoms with E-state index in [0.29, 0.717) is 35.2 Å². The van der Waals surface area contributed by atoms with Gasteiger partial charge in [0.2, 0.25) is 5.91 Å². The Bertz CT molecular complexity index is 701. The minimum atomic E-state index is -0.416. The third kappa shape index (κ3) is 3.75. The summed E-state index contributed by atoms with van der Waals surface area (Å²) in [6.07, 6.45) is 0. The number of hydrogen-bond donors (Lipinski definition) is 2. The molecule has 0 bridgehead atoms. The molecular formula is C15H16FN3O2. The van der Waals surface area contributed by atoms with Gasteiger partial charge in [0.1, 0.15) is 5.82 Å². The van der Waals surface area contributed by atoms with E-state index in [1.54, 1.807) is 19.1 Å². The smallest absolute Gasteiger partial charge is 0.252 e. The van der Waals surface area contributed by atoms with Gasteiger partial charge in [0, 0.05) is 31.1 Å². The summed E-state index contributed by atoms with van der Waals surface area (Å²) in [6.45, 7) is 3.83. The highest BCUT2D eigenvalue weighted by Gasteiger charge is 2.12. The van der Waals surface area contributed by atoms with Crippen LogP contribution in [0.2, 0.25) is 0 Å². The van der Waals surface area contributed by atoms with E-state index in [9.17, 15) is 14.0 Å². The second kappa shape index (κ2) is 6.30. The Morgan fingerprint density at radius 2 is 1.90 bits per heavy atom. The number of nitrogens with one attached hydrogen (secondary N) is 2. The molecule has 0 radical (unpaired) electrons. The molecule has 0 spiro atoms. The van der Waals surface area contributed by atoms with Crippen molar-refractivity contribution in [3.63, 3.8) is 0 Å². The van der Waals surface area contributed by atoms with Gasteiger partial charge in [0.05, 0.1) is 11.1 Å². The fourth-order valence-corrected chi connectivity index (χ4v) is 2.03. The minimum Gasteiger partial charge on any atom is -0.355 e. The number of carbonyl (C=O) groups excluding carboxylic acids is 2. The number of aryl methyl sites for hydroxylation is 1. The van der Waals surface area contributed by atoms with Gasteiger partial charge >= 0.3 is 0 Å². The minimum absolute atomic E-state index is 0.156. The quantitative estimate of drug-likeness (QED) is 0.839. The van der Waals surface area contributed by atoms with E-state index in [0.717, 1.165) is 0 Å². The summed E-state index contributed by atoms with van der Waals surface area (Å²) in [4.78, 5) is 27.2.